The molecule has 0 atom stereocenters. The Labute approximate surface area is 106 Å². The van der Waals surface area contributed by atoms with Crippen molar-refractivity contribution >= 4 is 19.5 Å². The summed E-state index contributed by atoms with van der Waals surface area (Å²) in [4.78, 5) is 18.2. The van der Waals surface area contributed by atoms with Gasteiger partial charge >= 0.3 is 19.5 Å². The molecule has 0 aromatic rings. The maximum absolute atomic E-state index is 11.7. The summed E-state index contributed by atoms with van der Waals surface area (Å²) in [6, 6.07) is 0. The molecule has 4 N–H and O–H groups in total. The van der Waals surface area contributed by atoms with Gasteiger partial charge in [-0.15, -0.1) is 0 Å². The van der Waals surface area contributed by atoms with Crippen LogP contribution in [0, 0.1) is 0 Å². The molecule has 0 bridgehead atoms. The number of hydrogen-bond acceptors (Lipinski definition) is 6. The second-order valence-corrected chi connectivity index (χ2v) is 5.11. The van der Waals surface area contributed by atoms with Crippen molar-refractivity contribution in [3.05, 3.63) is 0 Å². The Hall–Kier alpha value is -0.950. The molecule has 0 rings (SSSR count). The summed E-state index contributed by atoms with van der Waals surface area (Å²) < 4.78 is 21.8. The molecule has 0 radical (unpaired) electrons. The summed E-state index contributed by atoms with van der Waals surface area (Å²) in [7, 11) is -2.82. The topological polar surface area (TPSA) is 136 Å². The summed E-state index contributed by atoms with van der Waals surface area (Å²) in [6.45, 7) is 4.95. The average Bonchev–Trinajstić information content (AvgIpc) is 2.28. The van der Waals surface area contributed by atoms with E-state index < -0.39 is 19.5 Å². The van der Waals surface area contributed by atoms with Crippen molar-refractivity contribution in [1.29, 1.82) is 0 Å². The maximum Gasteiger partial charge on any atom is 0.414 e. The summed E-state index contributed by atoms with van der Waals surface area (Å²) in [5, 5.41) is 14.8. The van der Waals surface area contributed by atoms with Crippen molar-refractivity contribution in [2.45, 2.75) is 20.3 Å². The van der Waals surface area contributed by atoms with Crippen LogP contribution in [0.15, 0.2) is 0 Å². The lowest BCUT2D eigenvalue weighted by Gasteiger charge is -2.15. The molecular weight excluding hydrogens is 265 g/mol. The van der Waals surface area contributed by atoms with E-state index in [1.54, 1.807) is 13.8 Å². The van der Waals surface area contributed by atoms with Gasteiger partial charge in [0.1, 0.15) is 0 Å². The minimum Gasteiger partial charge on any atom is -0.473 e. The normalized spacial score (nSPS) is 10.4. The molecular formula is C9H20NO7P. The van der Waals surface area contributed by atoms with Gasteiger partial charge in [-0.05, 0) is 26.8 Å². The van der Waals surface area contributed by atoms with E-state index in [0.717, 1.165) is 0 Å². The molecule has 0 amide bonds. The van der Waals surface area contributed by atoms with Crippen LogP contribution in [0.4, 0.5) is 0 Å². The van der Waals surface area contributed by atoms with Gasteiger partial charge in [-0.25, -0.2) is 9.59 Å². The highest BCUT2D eigenvalue weighted by Gasteiger charge is 2.21. The van der Waals surface area contributed by atoms with Crippen LogP contribution in [0.1, 0.15) is 20.3 Å². The van der Waals surface area contributed by atoms with Gasteiger partial charge in [0.2, 0.25) is 0 Å². The molecule has 8 nitrogen and oxygen atoms in total. The lowest BCUT2D eigenvalue weighted by Crippen LogP contribution is -2.09. The monoisotopic (exact) mass is 285 g/mol. The Morgan fingerprint density at radius 3 is 1.72 bits per heavy atom. The molecule has 9 heteroatoms. The predicted molar refractivity (Wildman–Crippen MR) is 64.7 cm³/mol. The molecule has 0 fully saturated rings. The predicted octanol–water partition coefficient (Wildman–Crippen LogP) is 0.757. The first kappa shape index (κ1) is 19.4. The van der Waals surface area contributed by atoms with Crippen LogP contribution in [-0.4, -0.2) is 48.1 Å². The molecule has 0 heterocycles. The zero-order valence-corrected chi connectivity index (χ0v) is 11.4. The first-order valence-electron chi connectivity index (χ1n) is 5.37. The second kappa shape index (κ2) is 11.2. The SMILES string of the molecule is CCOP(=O)(CCCN)OCC.O=C(O)C(=O)O. The van der Waals surface area contributed by atoms with Crippen LogP contribution < -0.4 is 5.73 Å². The Morgan fingerprint density at radius 1 is 1.11 bits per heavy atom. The summed E-state index contributed by atoms with van der Waals surface area (Å²) in [5.74, 6) is -3.65. The molecule has 0 spiro atoms. The van der Waals surface area contributed by atoms with Crippen LogP contribution >= 0.6 is 7.60 Å². The van der Waals surface area contributed by atoms with E-state index in [9.17, 15) is 4.57 Å². The summed E-state index contributed by atoms with van der Waals surface area (Å²) in [6.07, 6.45) is 1.10. The van der Waals surface area contributed by atoms with Crippen molar-refractivity contribution in [2.24, 2.45) is 5.73 Å². The first-order valence-corrected chi connectivity index (χ1v) is 7.10. The minimum absolute atomic E-state index is 0.419. The fourth-order valence-corrected chi connectivity index (χ4v) is 2.53. The Balaban J connectivity index is 0. The standard InChI is InChI=1S/C7H18NO3P.C2H2O4/c1-3-10-12(9,11-4-2)7-5-6-8;3-1(4)2(5)6/h3-8H2,1-2H3;(H,3,4)(H,5,6). The summed E-state index contributed by atoms with van der Waals surface area (Å²) >= 11 is 0. The van der Waals surface area contributed by atoms with Gasteiger partial charge in [0.05, 0.1) is 19.4 Å². The van der Waals surface area contributed by atoms with E-state index in [1.165, 1.54) is 0 Å². The molecule has 0 aromatic carbocycles. The third kappa shape index (κ3) is 11.5. The minimum atomic E-state index is -2.82. The van der Waals surface area contributed by atoms with Crippen LogP contribution in [0.3, 0.4) is 0 Å². The molecule has 0 aliphatic heterocycles. The zero-order chi connectivity index (χ0) is 14.6. The van der Waals surface area contributed by atoms with Crippen molar-refractivity contribution in [2.75, 3.05) is 25.9 Å². The van der Waals surface area contributed by atoms with E-state index in [1.807, 2.05) is 0 Å². The second-order valence-electron chi connectivity index (χ2n) is 2.92. The number of carboxylic acid groups (broad SMARTS) is 2. The lowest BCUT2D eigenvalue weighted by molar-refractivity contribution is -0.159. The molecule has 0 saturated heterocycles. The van der Waals surface area contributed by atoms with Gasteiger partial charge in [0, 0.05) is 0 Å². The quantitative estimate of drug-likeness (QED) is 0.460. The number of nitrogens with two attached hydrogens (primary N) is 1. The largest absolute Gasteiger partial charge is 0.473 e. The Kier molecular flexibility index (Phi) is 12.0. The van der Waals surface area contributed by atoms with Crippen LogP contribution in [0.25, 0.3) is 0 Å². The highest BCUT2D eigenvalue weighted by Crippen LogP contribution is 2.48. The fraction of sp³-hybridized carbons (Fsp3) is 0.778. The fourth-order valence-electron chi connectivity index (χ4n) is 0.845. The number of aliphatic carboxylic acids is 2. The maximum atomic E-state index is 11.7. The molecule has 0 aromatic heterocycles. The van der Waals surface area contributed by atoms with Gasteiger partial charge in [0.25, 0.3) is 0 Å². The van der Waals surface area contributed by atoms with Gasteiger partial charge in [-0.2, -0.15) is 0 Å². The Morgan fingerprint density at radius 2 is 1.50 bits per heavy atom. The smallest absolute Gasteiger partial charge is 0.414 e. The molecule has 18 heavy (non-hydrogen) atoms. The Bertz CT molecular complexity index is 273. The van der Waals surface area contributed by atoms with Crippen LogP contribution in [0.5, 0.6) is 0 Å². The lowest BCUT2D eigenvalue weighted by atomic mass is 10.5. The van der Waals surface area contributed by atoms with Crippen LogP contribution in [-0.2, 0) is 23.2 Å². The van der Waals surface area contributed by atoms with Crippen LogP contribution in [0.2, 0.25) is 0 Å². The zero-order valence-electron chi connectivity index (χ0n) is 10.5. The molecule has 0 aliphatic rings. The van der Waals surface area contributed by atoms with Gasteiger partial charge in [0.15, 0.2) is 0 Å². The number of hydrogen-bond donors (Lipinski definition) is 3. The number of rotatable bonds is 7. The average molecular weight is 285 g/mol. The van der Waals surface area contributed by atoms with Crippen molar-refractivity contribution < 1.29 is 33.4 Å². The molecule has 108 valence electrons. The highest BCUT2D eigenvalue weighted by atomic mass is 31.2. The molecule has 0 unspecified atom stereocenters. The van der Waals surface area contributed by atoms with E-state index in [-0.39, 0.29) is 0 Å². The number of carbonyl (C=O) groups is 2. The van der Waals surface area contributed by atoms with E-state index in [2.05, 4.69) is 0 Å². The van der Waals surface area contributed by atoms with Gasteiger partial charge in [-0.3, -0.25) is 4.57 Å². The van der Waals surface area contributed by atoms with Crippen molar-refractivity contribution in [1.82, 2.24) is 0 Å². The first-order chi connectivity index (χ1) is 8.32. The summed E-state index contributed by atoms with van der Waals surface area (Å²) in [5.41, 5.74) is 5.30. The van der Waals surface area contributed by atoms with Crippen molar-refractivity contribution in [3.8, 4) is 0 Å². The molecule has 0 saturated carbocycles. The molecule has 0 aliphatic carbocycles. The number of carboxylic acids is 2. The van der Waals surface area contributed by atoms with E-state index in [0.29, 0.717) is 32.3 Å². The third-order valence-corrected chi connectivity index (χ3v) is 3.64. The third-order valence-electron chi connectivity index (χ3n) is 1.47. The van der Waals surface area contributed by atoms with Gasteiger partial charge < -0.3 is 25.0 Å². The van der Waals surface area contributed by atoms with E-state index in [4.69, 9.17) is 34.6 Å². The van der Waals surface area contributed by atoms with Crippen molar-refractivity contribution in [3.63, 3.8) is 0 Å². The highest BCUT2D eigenvalue weighted by molar-refractivity contribution is 7.53. The van der Waals surface area contributed by atoms with Gasteiger partial charge in [-0.1, -0.05) is 0 Å². The van der Waals surface area contributed by atoms with E-state index >= 15 is 0 Å².